The number of aromatic hydroxyl groups is 1. The zero-order chi connectivity index (χ0) is 29.1. The van der Waals surface area contributed by atoms with E-state index in [-0.39, 0.29) is 17.7 Å². The van der Waals surface area contributed by atoms with Gasteiger partial charge in [-0.1, -0.05) is 19.1 Å². The van der Waals surface area contributed by atoms with Gasteiger partial charge in [0.05, 0.1) is 29.3 Å². The summed E-state index contributed by atoms with van der Waals surface area (Å²) in [7, 11) is 2.87. The van der Waals surface area contributed by atoms with Crippen molar-refractivity contribution in [2.45, 2.75) is 43.4 Å². The van der Waals surface area contributed by atoms with E-state index in [2.05, 4.69) is 11.9 Å². The van der Waals surface area contributed by atoms with Crippen molar-refractivity contribution in [1.82, 2.24) is 4.90 Å². The summed E-state index contributed by atoms with van der Waals surface area (Å²) < 4.78 is 0. The highest BCUT2D eigenvalue weighted by molar-refractivity contribution is 6.24. The highest BCUT2D eigenvalue weighted by Gasteiger charge is 2.68. The number of anilines is 1. The average Bonchev–Trinajstić information content (AvgIpc) is 2.85. The number of aliphatic hydroxyl groups excluding tert-OH is 3. The van der Waals surface area contributed by atoms with Crippen molar-refractivity contribution in [3.05, 3.63) is 52.8 Å². The van der Waals surface area contributed by atoms with Gasteiger partial charge in [0.2, 0.25) is 11.7 Å². The number of phenols is 1. The standard InChI is InChI=1S/C27H31N3O9/c1-5-6-7-13(31)29-12-9-8-11-10(2)14-16(21(33)15(11)20(12)32)24(36)27(39)18(22(14)34)19(30(3)4)23(35)17(25(27)37)26(28)38/h5,8-10,14,18-19,22,32-34,37,39H,1,6-7H2,2-4H3,(H2,28,38)(H,29,31)/t10-,14+,18+,19-,22-,27-/m0/s1. The average molecular weight is 542 g/mol. The van der Waals surface area contributed by atoms with Crippen LogP contribution < -0.4 is 11.1 Å². The molecule has 0 aromatic heterocycles. The number of Topliss-reactive ketones (excluding diaryl/α,β-unsaturated/α-hetero) is 2. The molecule has 39 heavy (non-hydrogen) atoms. The lowest BCUT2D eigenvalue weighted by Crippen LogP contribution is -2.70. The normalized spacial score (nSPS) is 30.1. The first kappa shape index (κ1) is 28.0. The minimum atomic E-state index is -2.99. The Morgan fingerprint density at radius 3 is 2.41 bits per heavy atom. The van der Waals surface area contributed by atoms with E-state index in [9.17, 15) is 44.7 Å². The van der Waals surface area contributed by atoms with Crippen LogP contribution in [0.2, 0.25) is 0 Å². The third kappa shape index (κ3) is 3.86. The zero-order valence-electron chi connectivity index (χ0n) is 21.6. The second-order valence-corrected chi connectivity index (χ2v) is 10.4. The molecule has 1 aromatic rings. The van der Waals surface area contributed by atoms with Gasteiger partial charge in [-0.2, -0.15) is 0 Å². The van der Waals surface area contributed by atoms with Crippen LogP contribution in [-0.4, -0.2) is 85.7 Å². The van der Waals surface area contributed by atoms with Crippen molar-refractivity contribution in [2.75, 3.05) is 19.4 Å². The van der Waals surface area contributed by atoms with E-state index in [1.165, 1.54) is 31.1 Å². The summed E-state index contributed by atoms with van der Waals surface area (Å²) in [6, 6.07) is 1.51. The molecule has 208 valence electrons. The molecule has 8 N–H and O–H groups in total. The molecule has 1 fully saturated rings. The molecule has 0 heterocycles. The first-order valence-corrected chi connectivity index (χ1v) is 12.3. The number of nitrogens with two attached hydrogens (primary N) is 1. The van der Waals surface area contributed by atoms with Gasteiger partial charge in [0.1, 0.15) is 22.8 Å². The van der Waals surface area contributed by atoms with Gasteiger partial charge in [-0.3, -0.25) is 24.1 Å². The van der Waals surface area contributed by atoms with Gasteiger partial charge in [-0.15, -0.1) is 6.58 Å². The first-order valence-electron chi connectivity index (χ1n) is 12.3. The van der Waals surface area contributed by atoms with E-state index in [4.69, 9.17) is 5.73 Å². The van der Waals surface area contributed by atoms with Crippen molar-refractivity contribution >= 4 is 34.8 Å². The van der Waals surface area contributed by atoms with Gasteiger partial charge in [-0.05, 0) is 38.1 Å². The SMILES string of the molecule is C=CCCC(=O)Nc1ccc2c(c1O)C(O)=C1C(=O)[C@]3(O)C(O)=C(C(N)=O)C(=O)[C@@H](N(C)C)[C@@H]3[C@@H](O)[C@@H]1[C@H]2C. The fraction of sp³-hybridized carbons (Fsp3) is 0.407. The Kier molecular flexibility index (Phi) is 6.92. The van der Waals surface area contributed by atoms with Crippen molar-refractivity contribution in [3.8, 4) is 5.75 Å². The molecule has 3 aliphatic carbocycles. The molecular formula is C27H31N3O9. The number of aliphatic hydroxyl groups is 4. The quantitative estimate of drug-likeness (QED) is 0.150. The number of fused-ring (bicyclic) bond motifs is 3. The second kappa shape index (κ2) is 9.63. The lowest BCUT2D eigenvalue weighted by Gasteiger charge is -2.53. The molecule has 0 saturated heterocycles. The number of carbonyl (C=O) groups excluding carboxylic acids is 4. The van der Waals surface area contributed by atoms with Crippen LogP contribution >= 0.6 is 0 Å². The van der Waals surface area contributed by atoms with E-state index >= 15 is 0 Å². The molecule has 12 heteroatoms. The van der Waals surface area contributed by atoms with Gasteiger partial charge >= 0.3 is 0 Å². The van der Waals surface area contributed by atoms with Crippen LogP contribution in [0.3, 0.4) is 0 Å². The number of primary amides is 1. The van der Waals surface area contributed by atoms with Gasteiger partial charge in [-0.25, -0.2) is 0 Å². The maximum Gasteiger partial charge on any atom is 0.255 e. The van der Waals surface area contributed by atoms with Crippen LogP contribution in [-0.2, 0) is 19.2 Å². The Bertz CT molecular complexity index is 1380. The van der Waals surface area contributed by atoms with Crippen molar-refractivity contribution in [3.63, 3.8) is 0 Å². The van der Waals surface area contributed by atoms with Gasteiger partial charge in [0, 0.05) is 17.9 Å². The predicted molar refractivity (Wildman–Crippen MR) is 138 cm³/mol. The molecular weight excluding hydrogens is 510 g/mol. The number of amides is 2. The molecule has 3 aliphatic rings. The minimum Gasteiger partial charge on any atom is -0.508 e. The van der Waals surface area contributed by atoms with Crippen LogP contribution in [0.1, 0.15) is 36.8 Å². The zero-order valence-corrected chi connectivity index (χ0v) is 21.6. The monoisotopic (exact) mass is 541 g/mol. The summed E-state index contributed by atoms with van der Waals surface area (Å²) in [4.78, 5) is 52.8. The molecule has 12 nitrogen and oxygen atoms in total. The number of phenolic OH excluding ortho intramolecular Hbond substituents is 1. The summed E-state index contributed by atoms with van der Waals surface area (Å²) in [5.74, 6) is -10.2. The second-order valence-electron chi connectivity index (χ2n) is 10.4. The maximum atomic E-state index is 14.0. The maximum absolute atomic E-state index is 14.0. The van der Waals surface area contributed by atoms with Crippen molar-refractivity contribution in [2.24, 2.45) is 17.6 Å². The molecule has 0 bridgehead atoms. The van der Waals surface area contributed by atoms with Crippen LogP contribution in [0, 0.1) is 11.8 Å². The molecule has 0 radical (unpaired) electrons. The van der Waals surface area contributed by atoms with Gasteiger partial charge in [0.25, 0.3) is 5.91 Å². The molecule has 6 atom stereocenters. The lowest BCUT2D eigenvalue weighted by atomic mass is 9.54. The van der Waals surface area contributed by atoms with Gasteiger partial charge < -0.3 is 36.6 Å². The molecule has 2 amide bonds. The van der Waals surface area contributed by atoms with Crippen molar-refractivity contribution < 1.29 is 44.7 Å². The third-order valence-electron chi connectivity index (χ3n) is 7.98. The smallest absolute Gasteiger partial charge is 0.255 e. The molecule has 1 aromatic carbocycles. The molecule has 0 unspecified atom stereocenters. The summed E-state index contributed by atoms with van der Waals surface area (Å²) in [5, 5.41) is 59.1. The van der Waals surface area contributed by atoms with Crippen LogP contribution in [0.4, 0.5) is 5.69 Å². The van der Waals surface area contributed by atoms with E-state index in [1.54, 1.807) is 13.0 Å². The molecule has 1 saturated carbocycles. The van der Waals surface area contributed by atoms with Crippen LogP contribution in [0.5, 0.6) is 5.75 Å². The number of nitrogens with one attached hydrogen (secondary N) is 1. The largest absolute Gasteiger partial charge is 0.508 e. The minimum absolute atomic E-state index is 0.0456. The van der Waals surface area contributed by atoms with E-state index in [0.29, 0.717) is 12.0 Å². The Morgan fingerprint density at radius 2 is 1.85 bits per heavy atom. The van der Waals surface area contributed by atoms with E-state index < -0.39 is 87.3 Å². The number of allylic oxidation sites excluding steroid dienone is 1. The molecule has 0 spiro atoms. The predicted octanol–water partition coefficient (Wildman–Crippen LogP) is 0.401. The number of hydrogen-bond donors (Lipinski definition) is 7. The Hall–Kier alpha value is -4.00. The van der Waals surface area contributed by atoms with Crippen molar-refractivity contribution in [1.29, 1.82) is 0 Å². The Morgan fingerprint density at radius 1 is 1.21 bits per heavy atom. The lowest BCUT2D eigenvalue weighted by molar-refractivity contribution is -0.169. The van der Waals surface area contributed by atoms with Crippen LogP contribution in [0.15, 0.2) is 41.7 Å². The summed E-state index contributed by atoms with van der Waals surface area (Å²) in [6.07, 6.45) is 0.347. The topological polar surface area (TPSA) is 211 Å². The number of nitrogens with zero attached hydrogens (tertiary/aromatic N) is 1. The number of ketones is 2. The Balaban J connectivity index is 1.94. The first-order chi connectivity index (χ1) is 18.2. The number of rotatable bonds is 6. The summed E-state index contributed by atoms with van der Waals surface area (Å²) >= 11 is 0. The van der Waals surface area contributed by atoms with E-state index in [1.807, 2.05) is 0 Å². The number of likely N-dealkylation sites (N-methyl/N-ethyl adjacent to an activating group) is 1. The molecule has 4 rings (SSSR count). The van der Waals surface area contributed by atoms with Gasteiger partial charge in [0.15, 0.2) is 11.4 Å². The number of benzene rings is 1. The fourth-order valence-electron chi connectivity index (χ4n) is 6.16. The fourth-order valence-corrected chi connectivity index (χ4v) is 6.16. The molecule has 0 aliphatic heterocycles. The highest BCUT2D eigenvalue weighted by Crippen LogP contribution is 2.56. The third-order valence-corrected chi connectivity index (χ3v) is 7.98. The number of hydrogen-bond acceptors (Lipinski definition) is 10. The Labute approximate surface area is 223 Å². The van der Waals surface area contributed by atoms with Crippen LogP contribution in [0.25, 0.3) is 5.76 Å². The number of carbonyl (C=O) groups is 4. The summed E-state index contributed by atoms with van der Waals surface area (Å²) in [5.41, 5.74) is 0.915. The highest BCUT2D eigenvalue weighted by atomic mass is 16.4. The summed E-state index contributed by atoms with van der Waals surface area (Å²) in [6.45, 7) is 5.17. The van der Waals surface area contributed by atoms with E-state index in [0.717, 1.165) is 0 Å².